The molecule has 0 fully saturated rings. The number of ketones is 1. The summed E-state index contributed by atoms with van der Waals surface area (Å²) in [5.41, 5.74) is 4.93. The van der Waals surface area contributed by atoms with Crippen LogP contribution in [0.2, 0.25) is 19.6 Å². The van der Waals surface area contributed by atoms with Crippen LogP contribution < -0.4 is 0 Å². The van der Waals surface area contributed by atoms with Crippen molar-refractivity contribution < 1.29 is 4.79 Å². The van der Waals surface area contributed by atoms with Crippen molar-refractivity contribution >= 4 is 13.9 Å². The highest BCUT2D eigenvalue weighted by molar-refractivity contribution is 6.83. The lowest BCUT2D eigenvalue weighted by Crippen LogP contribution is -2.16. The number of hydrogen-bond donors (Lipinski definition) is 0. The highest BCUT2D eigenvalue weighted by Crippen LogP contribution is 2.10. The van der Waals surface area contributed by atoms with Gasteiger partial charge < -0.3 is 0 Å². The second-order valence-electron chi connectivity index (χ2n) is 4.82. The zero-order chi connectivity index (χ0) is 12.2. The van der Waals surface area contributed by atoms with E-state index in [1.807, 2.05) is 31.2 Å². The lowest BCUT2D eigenvalue weighted by molar-refractivity contribution is 0.0988. The number of Topliss-reactive ketones (excluding diaryl/α,β-unsaturated/α-hetero) is 1. The summed E-state index contributed by atoms with van der Waals surface area (Å²) in [4.78, 5) is 11.7. The predicted octanol–water partition coefficient (Wildman–Crippen LogP) is 3.51. The third kappa shape index (κ3) is 3.67. The third-order valence-corrected chi connectivity index (χ3v) is 3.00. The van der Waals surface area contributed by atoms with Crippen molar-refractivity contribution in [3.63, 3.8) is 0 Å². The summed E-state index contributed by atoms with van der Waals surface area (Å²) < 4.78 is 0. The number of benzene rings is 1. The first-order valence-corrected chi connectivity index (χ1v) is 9.09. The normalized spacial score (nSPS) is 10.5. The quantitative estimate of drug-likeness (QED) is 0.432. The molecular weight excluding hydrogens is 212 g/mol. The molecule has 0 aromatic heterocycles. The smallest absolute Gasteiger partial charge is 0.163 e. The van der Waals surface area contributed by atoms with E-state index in [9.17, 15) is 4.79 Å². The molecular formula is C14H18OSi. The van der Waals surface area contributed by atoms with E-state index in [1.54, 1.807) is 0 Å². The Morgan fingerprint density at radius 3 is 2.44 bits per heavy atom. The van der Waals surface area contributed by atoms with Crippen LogP contribution in [0.5, 0.6) is 0 Å². The Kier molecular flexibility index (Phi) is 4.09. The second-order valence-corrected chi connectivity index (χ2v) is 9.57. The summed E-state index contributed by atoms with van der Waals surface area (Å²) in [5.74, 6) is 3.33. The molecule has 84 valence electrons. The molecule has 0 aliphatic carbocycles. The molecule has 1 nitrogen and oxygen atoms in total. The molecule has 1 rings (SSSR count). The Morgan fingerprint density at radius 1 is 1.25 bits per heavy atom. The Labute approximate surface area is 98.9 Å². The van der Waals surface area contributed by atoms with Crippen LogP contribution in [-0.2, 0) is 0 Å². The van der Waals surface area contributed by atoms with E-state index in [0.717, 1.165) is 11.1 Å². The predicted molar refractivity (Wildman–Crippen MR) is 71.3 cm³/mol. The molecule has 0 saturated heterocycles. The topological polar surface area (TPSA) is 17.1 Å². The average molecular weight is 230 g/mol. The van der Waals surface area contributed by atoms with Gasteiger partial charge in [0.2, 0.25) is 0 Å². The zero-order valence-corrected chi connectivity index (χ0v) is 11.4. The average Bonchev–Trinajstić information content (AvgIpc) is 2.25. The van der Waals surface area contributed by atoms with Gasteiger partial charge in [0.25, 0.3) is 0 Å². The van der Waals surface area contributed by atoms with Crippen molar-refractivity contribution in [3.05, 3.63) is 35.4 Å². The lowest BCUT2D eigenvalue weighted by atomic mass is 10.0. The van der Waals surface area contributed by atoms with Gasteiger partial charge in [-0.15, -0.1) is 5.54 Å². The van der Waals surface area contributed by atoms with Crippen LogP contribution in [0.25, 0.3) is 0 Å². The Morgan fingerprint density at radius 2 is 1.88 bits per heavy atom. The highest BCUT2D eigenvalue weighted by atomic mass is 28.3. The standard InChI is InChI=1S/C14H18OSi/c1-5-14(15)13-9-7-6-8-12(13)10-11-16(2,3)4/h6-9H,5H2,1-4H3. The van der Waals surface area contributed by atoms with Crippen molar-refractivity contribution in [2.75, 3.05) is 0 Å². The van der Waals surface area contributed by atoms with E-state index in [2.05, 4.69) is 31.1 Å². The molecule has 16 heavy (non-hydrogen) atoms. The monoisotopic (exact) mass is 230 g/mol. The third-order valence-electron chi connectivity index (χ3n) is 2.12. The van der Waals surface area contributed by atoms with Crippen molar-refractivity contribution in [2.45, 2.75) is 33.0 Å². The maximum absolute atomic E-state index is 11.7. The van der Waals surface area contributed by atoms with Gasteiger partial charge in [-0.1, -0.05) is 50.7 Å². The summed E-state index contributed by atoms with van der Waals surface area (Å²) in [6.45, 7) is 8.48. The van der Waals surface area contributed by atoms with Crippen molar-refractivity contribution in [2.24, 2.45) is 0 Å². The van der Waals surface area contributed by atoms with Crippen molar-refractivity contribution in [1.82, 2.24) is 0 Å². The largest absolute Gasteiger partial charge is 0.294 e. The molecule has 0 unspecified atom stereocenters. The first kappa shape index (κ1) is 12.7. The van der Waals surface area contributed by atoms with E-state index in [4.69, 9.17) is 0 Å². The molecule has 0 spiro atoms. The summed E-state index contributed by atoms with van der Waals surface area (Å²) in [7, 11) is -1.38. The fourth-order valence-electron chi connectivity index (χ4n) is 1.28. The molecule has 0 heterocycles. The molecule has 0 aliphatic heterocycles. The molecule has 1 aromatic rings. The molecule has 0 amide bonds. The maximum Gasteiger partial charge on any atom is 0.163 e. The number of rotatable bonds is 2. The van der Waals surface area contributed by atoms with Gasteiger partial charge in [0, 0.05) is 17.5 Å². The lowest BCUT2D eigenvalue weighted by Gasteiger charge is -2.05. The van der Waals surface area contributed by atoms with Gasteiger partial charge in [0.15, 0.2) is 5.78 Å². The van der Waals surface area contributed by atoms with Gasteiger partial charge >= 0.3 is 0 Å². The molecule has 0 bridgehead atoms. The maximum atomic E-state index is 11.7. The van der Waals surface area contributed by atoms with Crippen LogP contribution in [0.3, 0.4) is 0 Å². The van der Waals surface area contributed by atoms with Crippen LogP contribution in [0.1, 0.15) is 29.3 Å². The molecule has 1 aromatic carbocycles. The van der Waals surface area contributed by atoms with Gasteiger partial charge in [-0.05, 0) is 6.07 Å². The van der Waals surface area contributed by atoms with Crippen LogP contribution >= 0.6 is 0 Å². The molecule has 0 N–H and O–H groups in total. The number of hydrogen-bond acceptors (Lipinski definition) is 1. The summed E-state index contributed by atoms with van der Waals surface area (Å²) in [5, 5.41) is 0. The second kappa shape index (κ2) is 5.13. The summed E-state index contributed by atoms with van der Waals surface area (Å²) in [6, 6.07) is 7.61. The van der Waals surface area contributed by atoms with Crippen LogP contribution in [0.4, 0.5) is 0 Å². The van der Waals surface area contributed by atoms with Gasteiger partial charge in [-0.2, -0.15) is 0 Å². The summed E-state index contributed by atoms with van der Waals surface area (Å²) >= 11 is 0. The van der Waals surface area contributed by atoms with Crippen molar-refractivity contribution in [3.8, 4) is 11.5 Å². The number of carbonyl (C=O) groups excluding carboxylic acids is 1. The van der Waals surface area contributed by atoms with E-state index in [1.165, 1.54) is 0 Å². The van der Waals surface area contributed by atoms with E-state index < -0.39 is 8.07 Å². The fraction of sp³-hybridized carbons (Fsp3) is 0.357. The van der Waals surface area contributed by atoms with Crippen LogP contribution in [0.15, 0.2) is 24.3 Å². The molecule has 0 saturated carbocycles. The van der Waals surface area contributed by atoms with Gasteiger partial charge in [-0.25, -0.2) is 0 Å². The van der Waals surface area contributed by atoms with E-state index in [-0.39, 0.29) is 5.78 Å². The number of carbonyl (C=O) groups is 1. The minimum absolute atomic E-state index is 0.167. The Balaban J connectivity index is 3.13. The van der Waals surface area contributed by atoms with Crippen LogP contribution in [-0.4, -0.2) is 13.9 Å². The molecule has 0 atom stereocenters. The zero-order valence-electron chi connectivity index (χ0n) is 10.4. The molecule has 0 aliphatic rings. The molecule has 2 heteroatoms. The Hall–Kier alpha value is -1.33. The minimum atomic E-state index is -1.38. The van der Waals surface area contributed by atoms with Crippen molar-refractivity contribution in [1.29, 1.82) is 0 Å². The van der Waals surface area contributed by atoms with E-state index >= 15 is 0 Å². The fourth-order valence-corrected chi connectivity index (χ4v) is 1.79. The van der Waals surface area contributed by atoms with Gasteiger partial charge in [0.1, 0.15) is 8.07 Å². The minimum Gasteiger partial charge on any atom is -0.294 e. The molecule has 0 radical (unpaired) electrons. The SMILES string of the molecule is CCC(=O)c1ccccc1C#C[Si](C)(C)C. The van der Waals surface area contributed by atoms with Gasteiger partial charge in [-0.3, -0.25) is 4.79 Å². The Bertz CT molecular complexity index is 444. The summed E-state index contributed by atoms with van der Waals surface area (Å²) in [6.07, 6.45) is 0.533. The first-order chi connectivity index (χ1) is 7.44. The van der Waals surface area contributed by atoms with Gasteiger partial charge in [0.05, 0.1) is 0 Å². The highest BCUT2D eigenvalue weighted by Gasteiger charge is 2.10. The van der Waals surface area contributed by atoms with Crippen LogP contribution in [0, 0.1) is 11.5 Å². The first-order valence-electron chi connectivity index (χ1n) is 5.59. The van der Waals surface area contributed by atoms with E-state index in [0.29, 0.717) is 6.42 Å².